The van der Waals surface area contributed by atoms with E-state index in [4.69, 9.17) is 11.6 Å². The predicted octanol–water partition coefficient (Wildman–Crippen LogP) is 4.93. The van der Waals surface area contributed by atoms with Crippen LogP contribution in [-0.4, -0.2) is 32.1 Å². The van der Waals surface area contributed by atoms with Crippen molar-refractivity contribution in [3.05, 3.63) is 101 Å². The molecular formula is C26H23ClFN5O2. The molecule has 7 nitrogen and oxygen atoms in total. The largest absolute Gasteiger partial charge is 0.338 e. The third kappa shape index (κ3) is 5.91. The molecule has 0 atom stereocenters. The van der Waals surface area contributed by atoms with E-state index in [0.29, 0.717) is 17.4 Å². The van der Waals surface area contributed by atoms with E-state index in [9.17, 15) is 14.0 Å². The van der Waals surface area contributed by atoms with Crippen LogP contribution in [0.5, 0.6) is 0 Å². The summed E-state index contributed by atoms with van der Waals surface area (Å²) in [6.45, 7) is 3.54. The van der Waals surface area contributed by atoms with E-state index in [0.717, 1.165) is 11.1 Å². The summed E-state index contributed by atoms with van der Waals surface area (Å²) < 4.78 is 14.8. The zero-order chi connectivity index (χ0) is 25.0. The summed E-state index contributed by atoms with van der Waals surface area (Å²) in [4.78, 5) is 30.1. The Bertz CT molecular complexity index is 1340. The highest BCUT2D eigenvalue weighted by molar-refractivity contribution is 6.30. The molecule has 0 aliphatic carbocycles. The first-order valence-electron chi connectivity index (χ1n) is 10.9. The number of hydrogen-bond donors (Lipinski definition) is 2. The number of nitrogens with zero attached hydrogens (tertiary/aromatic N) is 3. The Kier molecular flexibility index (Phi) is 6.93. The maximum Gasteiger partial charge on any atom is 0.252 e. The zero-order valence-corrected chi connectivity index (χ0v) is 19.9. The maximum atomic E-state index is 13.2. The zero-order valence-electron chi connectivity index (χ0n) is 19.1. The summed E-state index contributed by atoms with van der Waals surface area (Å²) in [5.74, 6) is -0.781. The summed E-state index contributed by atoms with van der Waals surface area (Å²) >= 11 is 6.00. The van der Waals surface area contributed by atoms with Crippen LogP contribution in [-0.2, 0) is 11.3 Å². The van der Waals surface area contributed by atoms with Crippen molar-refractivity contribution in [1.29, 1.82) is 0 Å². The van der Waals surface area contributed by atoms with Gasteiger partial charge in [0.2, 0.25) is 5.95 Å². The van der Waals surface area contributed by atoms with Crippen LogP contribution in [0.3, 0.4) is 0 Å². The first kappa shape index (κ1) is 24.1. The molecule has 0 fully saturated rings. The second kappa shape index (κ2) is 10.1. The van der Waals surface area contributed by atoms with Crippen LogP contribution in [0.25, 0.3) is 11.4 Å². The molecule has 9 heteroatoms. The SMILES string of the molecule is CC(C)(NC(=O)c1ccc(F)cc1)C(=O)Nc1nc(-c2ccccc2)n(Cc2ccc(Cl)cc2)n1. The highest BCUT2D eigenvalue weighted by Gasteiger charge is 2.31. The minimum atomic E-state index is -1.29. The van der Waals surface area contributed by atoms with Crippen LogP contribution in [0, 0.1) is 5.82 Å². The summed E-state index contributed by atoms with van der Waals surface area (Å²) in [5.41, 5.74) is 0.739. The minimum Gasteiger partial charge on any atom is -0.338 e. The lowest BCUT2D eigenvalue weighted by atomic mass is 10.0. The van der Waals surface area contributed by atoms with Crippen molar-refractivity contribution in [3.8, 4) is 11.4 Å². The molecule has 1 aromatic heterocycles. The van der Waals surface area contributed by atoms with Gasteiger partial charge in [-0.1, -0.05) is 54.1 Å². The van der Waals surface area contributed by atoms with Crippen molar-refractivity contribution >= 4 is 29.4 Å². The number of nitrogens with one attached hydrogen (secondary N) is 2. The van der Waals surface area contributed by atoms with Gasteiger partial charge in [-0.05, 0) is 55.8 Å². The van der Waals surface area contributed by atoms with Gasteiger partial charge in [0.1, 0.15) is 11.4 Å². The Morgan fingerprint density at radius 2 is 1.63 bits per heavy atom. The molecule has 2 N–H and O–H groups in total. The Morgan fingerprint density at radius 1 is 0.971 bits per heavy atom. The summed E-state index contributed by atoms with van der Waals surface area (Å²) in [6, 6.07) is 21.9. The maximum absolute atomic E-state index is 13.2. The number of amides is 2. The topological polar surface area (TPSA) is 88.9 Å². The third-order valence-corrected chi connectivity index (χ3v) is 5.53. The van der Waals surface area contributed by atoms with Gasteiger partial charge in [-0.3, -0.25) is 14.9 Å². The fourth-order valence-electron chi connectivity index (χ4n) is 3.34. The first-order valence-corrected chi connectivity index (χ1v) is 11.2. The molecule has 3 aromatic carbocycles. The molecule has 4 rings (SSSR count). The van der Waals surface area contributed by atoms with E-state index in [1.807, 2.05) is 42.5 Å². The van der Waals surface area contributed by atoms with Gasteiger partial charge in [-0.25, -0.2) is 9.07 Å². The highest BCUT2D eigenvalue weighted by atomic mass is 35.5. The van der Waals surface area contributed by atoms with Crippen LogP contribution in [0.1, 0.15) is 29.8 Å². The van der Waals surface area contributed by atoms with Crippen molar-refractivity contribution in [2.75, 3.05) is 5.32 Å². The van der Waals surface area contributed by atoms with Gasteiger partial charge in [0.25, 0.3) is 11.8 Å². The van der Waals surface area contributed by atoms with E-state index in [1.54, 1.807) is 30.7 Å². The van der Waals surface area contributed by atoms with Crippen LogP contribution in [0.4, 0.5) is 10.3 Å². The highest BCUT2D eigenvalue weighted by Crippen LogP contribution is 2.21. The number of anilines is 1. The number of hydrogen-bond acceptors (Lipinski definition) is 4. The number of rotatable bonds is 7. The number of benzene rings is 3. The van der Waals surface area contributed by atoms with E-state index in [-0.39, 0.29) is 11.5 Å². The van der Waals surface area contributed by atoms with Gasteiger partial charge in [0.15, 0.2) is 5.82 Å². The molecular weight excluding hydrogens is 469 g/mol. The summed E-state index contributed by atoms with van der Waals surface area (Å²) in [7, 11) is 0. The molecule has 0 saturated carbocycles. The molecule has 2 amide bonds. The second-order valence-electron chi connectivity index (χ2n) is 8.45. The number of halogens is 2. The first-order chi connectivity index (χ1) is 16.7. The molecule has 1 heterocycles. The van der Waals surface area contributed by atoms with Crippen LogP contribution < -0.4 is 10.6 Å². The molecule has 35 heavy (non-hydrogen) atoms. The molecule has 0 aliphatic rings. The van der Waals surface area contributed by atoms with Crippen molar-refractivity contribution in [1.82, 2.24) is 20.1 Å². The minimum absolute atomic E-state index is 0.104. The smallest absolute Gasteiger partial charge is 0.252 e. The third-order valence-electron chi connectivity index (χ3n) is 5.27. The fraction of sp³-hybridized carbons (Fsp3) is 0.154. The Labute approximate surface area is 207 Å². The van der Waals surface area contributed by atoms with Crippen molar-refractivity contribution in [2.45, 2.75) is 25.9 Å². The van der Waals surface area contributed by atoms with Gasteiger partial charge >= 0.3 is 0 Å². The van der Waals surface area contributed by atoms with E-state index in [2.05, 4.69) is 20.7 Å². The molecule has 0 unspecified atom stereocenters. The Morgan fingerprint density at radius 3 is 2.29 bits per heavy atom. The Hall–Kier alpha value is -4.04. The predicted molar refractivity (Wildman–Crippen MR) is 133 cm³/mol. The number of carbonyl (C=O) groups excluding carboxylic acids is 2. The van der Waals surface area contributed by atoms with Crippen LogP contribution >= 0.6 is 11.6 Å². The van der Waals surface area contributed by atoms with Gasteiger partial charge in [0, 0.05) is 16.1 Å². The van der Waals surface area contributed by atoms with Gasteiger partial charge < -0.3 is 5.32 Å². The van der Waals surface area contributed by atoms with E-state index in [1.165, 1.54) is 24.3 Å². The summed E-state index contributed by atoms with van der Waals surface area (Å²) in [6.07, 6.45) is 0. The van der Waals surface area contributed by atoms with Gasteiger partial charge in [-0.15, -0.1) is 5.10 Å². The molecule has 0 saturated heterocycles. The van der Waals surface area contributed by atoms with Crippen molar-refractivity contribution < 1.29 is 14.0 Å². The van der Waals surface area contributed by atoms with Crippen LogP contribution in [0.2, 0.25) is 5.02 Å². The fourth-order valence-corrected chi connectivity index (χ4v) is 3.47. The lowest BCUT2D eigenvalue weighted by Crippen LogP contribution is -2.52. The standard InChI is InChI=1S/C26H23ClFN5O2/c1-26(2,31-23(34)19-10-14-21(28)15-11-19)24(35)30-25-29-22(18-6-4-3-5-7-18)33(32-25)16-17-8-12-20(27)13-9-17/h3-15H,16H2,1-2H3,(H,31,34)(H,30,32,35). The van der Waals surface area contributed by atoms with Crippen molar-refractivity contribution in [2.24, 2.45) is 0 Å². The lowest BCUT2D eigenvalue weighted by molar-refractivity contribution is -0.121. The summed E-state index contributed by atoms with van der Waals surface area (Å²) in [5, 5.41) is 10.5. The number of carbonyl (C=O) groups is 2. The quantitative estimate of drug-likeness (QED) is 0.383. The average Bonchev–Trinajstić information content (AvgIpc) is 3.23. The second-order valence-corrected chi connectivity index (χ2v) is 8.89. The van der Waals surface area contributed by atoms with E-state index < -0.39 is 23.2 Å². The molecule has 4 aromatic rings. The van der Waals surface area contributed by atoms with Gasteiger partial charge in [0.05, 0.1) is 6.54 Å². The molecule has 0 spiro atoms. The van der Waals surface area contributed by atoms with Crippen LogP contribution in [0.15, 0.2) is 78.9 Å². The lowest BCUT2D eigenvalue weighted by Gasteiger charge is -2.24. The molecule has 0 aliphatic heterocycles. The monoisotopic (exact) mass is 491 g/mol. The molecule has 0 radical (unpaired) electrons. The Balaban J connectivity index is 1.55. The van der Waals surface area contributed by atoms with E-state index >= 15 is 0 Å². The van der Waals surface area contributed by atoms with Gasteiger partial charge in [-0.2, -0.15) is 4.98 Å². The molecule has 178 valence electrons. The van der Waals surface area contributed by atoms with Crippen molar-refractivity contribution in [3.63, 3.8) is 0 Å². The average molecular weight is 492 g/mol. The number of aromatic nitrogens is 3. The normalized spacial score (nSPS) is 11.2. The molecule has 0 bridgehead atoms.